The third-order valence-corrected chi connectivity index (χ3v) is 0. The van der Waals surface area contributed by atoms with Crippen molar-refractivity contribution in [2.24, 2.45) is 0 Å². The summed E-state index contributed by atoms with van der Waals surface area (Å²) in [5.74, 6) is 0. The first kappa shape index (κ1) is 23.5. The average Bonchev–Trinajstić information content (AvgIpc) is 0.722. The van der Waals surface area contributed by atoms with Gasteiger partial charge in [0.25, 0.3) is 0 Å². The van der Waals surface area contributed by atoms with Crippen molar-refractivity contribution < 1.29 is 205 Å². The van der Waals surface area contributed by atoms with Gasteiger partial charge in [0.2, 0.25) is 0 Å². The van der Waals surface area contributed by atoms with Crippen LogP contribution in [-0.4, -0.2) is 0 Å². The molecule has 0 saturated carbocycles. The van der Waals surface area contributed by atoms with Crippen LogP contribution in [0.2, 0.25) is 0 Å². The number of hydrogen-bond donors (Lipinski definition) is 0. The molecule has 0 bridgehead atoms. The Morgan fingerprint density at radius 1 is 0.875 bits per heavy atom. The molecule has 0 aromatic carbocycles. The van der Waals surface area contributed by atoms with Gasteiger partial charge in [0, 0.05) is 0 Å². The Labute approximate surface area is 198 Å². The summed E-state index contributed by atoms with van der Waals surface area (Å²) in [6, 6.07) is 0. The topological polar surface area (TPSA) is 86.2 Å². The minimum absolute atomic E-state index is 0. The van der Waals surface area contributed by atoms with Crippen molar-refractivity contribution in [2.75, 3.05) is 0 Å². The summed E-state index contributed by atoms with van der Waals surface area (Å²) in [4.78, 5) is 0. The minimum Gasteiger partial charge on any atom is 1.00 e. The Kier molecular flexibility index (Phi) is 37.2. The Morgan fingerprint density at radius 3 is 0.875 bits per heavy atom. The van der Waals surface area contributed by atoms with E-state index in [0.717, 1.165) is 0 Å². The van der Waals surface area contributed by atoms with Gasteiger partial charge in [0.1, 0.15) is 0 Å². The fraction of sp³-hybridized carbons (Fsp3) is 0. The minimum atomic E-state index is -5.88. The molecular formula is O4Rb3V. The fourth-order valence-electron chi connectivity index (χ4n) is 0. The van der Waals surface area contributed by atoms with Gasteiger partial charge in [-0.15, -0.1) is 0 Å². The average molecular weight is 371 g/mol. The van der Waals surface area contributed by atoms with E-state index in [2.05, 4.69) is 0 Å². The van der Waals surface area contributed by atoms with E-state index in [1.807, 2.05) is 0 Å². The molecule has 0 heterocycles. The van der Waals surface area contributed by atoms with Crippen molar-refractivity contribution >= 4 is 0 Å². The Morgan fingerprint density at radius 2 is 0.875 bits per heavy atom. The summed E-state index contributed by atoms with van der Waals surface area (Å²) < 4.78 is 34.4. The number of rotatable bonds is 0. The Bertz CT molecular complexity index is 57.4. The standard InChI is InChI=1S/4O.3Rb.V/q;3*-1;3*+1;. The van der Waals surface area contributed by atoms with E-state index in [1.165, 1.54) is 0 Å². The molecule has 0 atom stereocenters. The molecule has 0 amide bonds. The van der Waals surface area contributed by atoms with Gasteiger partial charge in [-0.2, -0.15) is 0 Å². The van der Waals surface area contributed by atoms with Crippen molar-refractivity contribution in [1.29, 1.82) is 0 Å². The Balaban J connectivity index is -0.0000000267. The molecule has 0 saturated heterocycles. The van der Waals surface area contributed by atoms with Crippen LogP contribution in [0.5, 0.6) is 0 Å². The summed E-state index contributed by atoms with van der Waals surface area (Å²) in [6.07, 6.45) is 0. The zero-order valence-corrected chi connectivity index (χ0v) is 21.2. The summed E-state index contributed by atoms with van der Waals surface area (Å²) >= 11 is -5.88. The molecule has 0 aromatic rings. The van der Waals surface area contributed by atoms with E-state index >= 15 is 0 Å². The molecule has 8 heteroatoms. The molecule has 4 nitrogen and oxygen atoms in total. The molecule has 0 aliphatic carbocycles. The predicted molar refractivity (Wildman–Crippen MR) is 0.686 cm³/mol. The largest absolute Gasteiger partial charge is 1.00 e. The first-order chi connectivity index (χ1) is 2.00. The molecule has 0 N–H and O–H groups in total. The SMILES string of the molecule is [O]=[V]([O-])([O-])[O-].[Rb+].[Rb+].[Rb+]. The smallest absolute Gasteiger partial charge is 1.00 e. The second-order valence-electron chi connectivity index (χ2n) is 0.447. The second kappa shape index (κ2) is 12.7. The van der Waals surface area contributed by atoms with Gasteiger partial charge >= 0.3 is 205 Å². The van der Waals surface area contributed by atoms with Gasteiger partial charge in [-0.05, 0) is 0 Å². The van der Waals surface area contributed by atoms with Gasteiger partial charge in [-0.3, -0.25) is 0 Å². The van der Waals surface area contributed by atoms with E-state index in [4.69, 9.17) is 15.8 Å². The van der Waals surface area contributed by atoms with E-state index in [-0.39, 0.29) is 175 Å². The molecule has 32 valence electrons. The molecule has 0 radical (unpaired) electrons. The van der Waals surface area contributed by atoms with Crippen molar-refractivity contribution in [3.05, 3.63) is 0 Å². The molecule has 0 spiro atoms. The molecule has 8 heavy (non-hydrogen) atoms. The maximum atomic E-state index is 8.61. The monoisotopic (exact) mass is 370 g/mol. The molecular weight excluding hydrogens is 371 g/mol. The van der Waals surface area contributed by atoms with Crippen LogP contribution in [0.4, 0.5) is 0 Å². The van der Waals surface area contributed by atoms with Crippen molar-refractivity contribution in [3.63, 3.8) is 0 Å². The summed E-state index contributed by atoms with van der Waals surface area (Å²) in [5, 5.41) is 0. The first-order valence-electron chi connectivity index (χ1n) is 0.730. The van der Waals surface area contributed by atoms with E-state index in [9.17, 15) is 0 Å². The van der Waals surface area contributed by atoms with Gasteiger partial charge < -0.3 is 0 Å². The summed E-state index contributed by atoms with van der Waals surface area (Å²) in [6.45, 7) is 0. The maximum absolute atomic E-state index is 8.61. The first-order valence-corrected chi connectivity index (χ1v) is 3.01. The Hall–Kier alpha value is 5.68. The molecule has 0 aliphatic rings. The van der Waals surface area contributed by atoms with Crippen LogP contribution in [0, 0.1) is 0 Å². The van der Waals surface area contributed by atoms with E-state index in [0.29, 0.717) is 0 Å². The third-order valence-electron chi connectivity index (χ3n) is 0. The van der Waals surface area contributed by atoms with Crippen LogP contribution in [0.1, 0.15) is 0 Å². The quantitative estimate of drug-likeness (QED) is 0.423. The third kappa shape index (κ3) is 41.3. The van der Waals surface area contributed by atoms with Crippen molar-refractivity contribution in [1.82, 2.24) is 0 Å². The zero-order chi connectivity index (χ0) is 4.50. The van der Waals surface area contributed by atoms with Gasteiger partial charge in [-0.25, -0.2) is 0 Å². The van der Waals surface area contributed by atoms with Crippen molar-refractivity contribution in [3.8, 4) is 0 Å². The predicted octanol–water partition coefficient (Wildman–Crippen LogP) is -12.7. The van der Waals surface area contributed by atoms with Crippen LogP contribution in [0.3, 0.4) is 0 Å². The number of hydrogen-bond acceptors (Lipinski definition) is 4. The van der Waals surface area contributed by atoms with E-state index < -0.39 is 15.0 Å². The summed E-state index contributed by atoms with van der Waals surface area (Å²) in [7, 11) is 0. The summed E-state index contributed by atoms with van der Waals surface area (Å²) in [5.41, 5.74) is 0. The second-order valence-corrected chi connectivity index (χ2v) is 1.84. The van der Waals surface area contributed by atoms with E-state index in [1.54, 1.807) is 0 Å². The molecule has 0 fully saturated rings. The zero-order valence-electron chi connectivity index (χ0n) is 5.08. The van der Waals surface area contributed by atoms with Crippen LogP contribution in [-0.2, 0) is 18.7 Å². The molecule has 0 unspecified atom stereocenters. The van der Waals surface area contributed by atoms with Gasteiger partial charge in [0.15, 0.2) is 0 Å². The fourth-order valence-corrected chi connectivity index (χ4v) is 0. The van der Waals surface area contributed by atoms with Crippen molar-refractivity contribution in [2.45, 2.75) is 0 Å². The normalized spacial score (nSPS) is 7.38. The molecule has 0 aromatic heterocycles. The van der Waals surface area contributed by atoms with Crippen LogP contribution in [0.25, 0.3) is 0 Å². The van der Waals surface area contributed by atoms with Gasteiger partial charge in [0.05, 0.1) is 0 Å². The molecule has 0 aliphatic heterocycles. The van der Waals surface area contributed by atoms with Gasteiger partial charge in [-0.1, -0.05) is 0 Å². The van der Waals surface area contributed by atoms with Crippen LogP contribution in [0.15, 0.2) is 0 Å². The molecule has 0 rings (SSSR count). The maximum Gasteiger partial charge on any atom is 1.00 e. The van der Waals surface area contributed by atoms with Crippen LogP contribution < -0.4 is 187 Å². The van der Waals surface area contributed by atoms with Crippen LogP contribution >= 0.6 is 0 Å².